The van der Waals surface area contributed by atoms with Crippen LogP contribution in [-0.2, 0) is 6.61 Å². The van der Waals surface area contributed by atoms with Crippen molar-refractivity contribution in [2.45, 2.75) is 25.0 Å². The minimum atomic E-state index is -2.89. The molecule has 122 valence electrons. The molecule has 4 rings (SSSR count). The van der Waals surface area contributed by atoms with Crippen molar-refractivity contribution in [2.75, 3.05) is 20.1 Å². The van der Waals surface area contributed by atoms with Crippen molar-refractivity contribution in [1.82, 2.24) is 24.4 Å². The fourth-order valence-corrected chi connectivity index (χ4v) is 3.50. The molecule has 0 aromatic carbocycles. The fraction of sp³-hybridized carbons (Fsp3) is 0.467. The van der Waals surface area contributed by atoms with E-state index in [0.29, 0.717) is 29.6 Å². The molecule has 23 heavy (non-hydrogen) atoms. The molecule has 2 N–H and O–H groups in total. The molecule has 1 unspecified atom stereocenters. The molecular formula is C15H17F2N5O. The summed E-state index contributed by atoms with van der Waals surface area (Å²) < 4.78 is 30.8. The van der Waals surface area contributed by atoms with E-state index in [9.17, 15) is 13.9 Å². The number of halogens is 2. The van der Waals surface area contributed by atoms with Gasteiger partial charge in [0, 0.05) is 18.1 Å². The zero-order valence-electron chi connectivity index (χ0n) is 12.6. The van der Waals surface area contributed by atoms with Crippen LogP contribution in [-0.4, -0.2) is 55.6 Å². The number of imidazole rings is 1. The number of aliphatic hydroxyl groups is 1. The van der Waals surface area contributed by atoms with Gasteiger partial charge >= 0.3 is 0 Å². The van der Waals surface area contributed by atoms with Crippen molar-refractivity contribution >= 4 is 22.1 Å². The molecule has 6 nitrogen and oxygen atoms in total. The third-order valence-corrected chi connectivity index (χ3v) is 4.51. The summed E-state index contributed by atoms with van der Waals surface area (Å²) in [7, 11) is 1.69. The number of nitrogens with zero attached hydrogens (tertiary/aromatic N) is 4. The Morgan fingerprint density at radius 1 is 1.48 bits per heavy atom. The van der Waals surface area contributed by atoms with Gasteiger partial charge in [-0.3, -0.25) is 0 Å². The Labute approximate surface area is 130 Å². The molecule has 4 heterocycles. The van der Waals surface area contributed by atoms with Gasteiger partial charge in [-0.15, -0.1) is 0 Å². The van der Waals surface area contributed by atoms with Crippen LogP contribution in [0.15, 0.2) is 18.5 Å². The number of aromatic nitrogens is 4. The maximum atomic E-state index is 14.7. The van der Waals surface area contributed by atoms with Crippen LogP contribution in [0.4, 0.5) is 8.78 Å². The number of aliphatic hydroxyl groups excluding tert-OH is 1. The van der Waals surface area contributed by atoms with Crippen LogP contribution in [0.25, 0.3) is 22.1 Å². The summed E-state index contributed by atoms with van der Waals surface area (Å²) in [5, 5.41) is 10.4. The highest BCUT2D eigenvalue weighted by Crippen LogP contribution is 2.40. The average molecular weight is 321 g/mol. The summed E-state index contributed by atoms with van der Waals surface area (Å²) in [5.41, 5.74) is 1.75. The summed E-state index contributed by atoms with van der Waals surface area (Å²) in [6, 6.07) is 0.781. The van der Waals surface area contributed by atoms with Gasteiger partial charge in [0.25, 0.3) is 5.92 Å². The number of nitrogens with one attached hydrogen (secondary N) is 1. The second-order valence-corrected chi connectivity index (χ2v) is 6.09. The number of fused-ring (bicyclic) bond motifs is 3. The first-order chi connectivity index (χ1) is 11.0. The fourth-order valence-electron chi connectivity index (χ4n) is 3.50. The highest BCUT2D eigenvalue weighted by atomic mass is 19.3. The van der Waals surface area contributed by atoms with E-state index in [2.05, 4.69) is 15.0 Å². The van der Waals surface area contributed by atoms with Crippen LogP contribution in [0.1, 0.15) is 18.3 Å². The van der Waals surface area contributed by atoms with Gasteiger partial charge in [0.05, 0.1) is 18.3 Å². The molecule has 1 atom stereocenters. The van der Waals surface area contributed by atoms with E-state index >= 15 is 0 Å². The Morgan fingerprint density at radius 2 is 2.30 bits per heavy atom. The second kappa shape index (κ2) is 4.97. The first kappa shape index (κ1) is 14.5. The van der Waals surface area contributed by atoms with Crippen molar-refractivity contribution in [3.8, 4) is 0 Å². The molecule has 1 aliphatic heterocycles. The van der Waals surface area contributed by atoms with Crippen molar-refractivity contribution in [2.24, 2.45) is 0 Å². The van der Waals surface area contributed by atoms with Crippen LogP contribution in [0.2, 0.25) is 0 Å². The Kier molecular flexibility index (Phi) is 3.14. The van der Waals surface area contributed by atoms with Gasteiger partial charge in [0.1, 0.15) is 29.6 Å². The molecule has 0 spiro atoms. The standard InChI is InChI=1S/C15H17F2N5O/c1-21-5-3-11(15(16,17)8-21)22-12(7-23)20-10-6-19-14-9(13(10)22)2-4-18-14/h2,4,6,11,23H,3,5,7-8H2,1H3,(H,18,19). The molecule has 0 saturated carbocycles. The van der Waals surface area contributed by atoms with Gasteiger partial charge in [-0.1, -0.05) is 0 Å². The maximum Gasteiger partial charge on any atom is 0.280 e. The van der Waals surface area contributed by atoms with Gasteiger partial charge in [-0.25, -0.2) is 18.7 Å². The molecular weight excluding hydrogens is 304 g/mol. The summed E-state index contributed by atoms with van der Waals surface area (Å²) >= 11 is 0. The predicted molar refractivity (Wildman–Crippen MR) is 81.4 cm³/mol. The van der Waals surface area contributed by atoms with Crippen molar-refractivity contribution in [3.63, 3.8) is 0 Å². The molecule has 3 aromatic rings. The zero-order valence-corrected chi connectivity index (χ0v) is 12.6. The highest BCUT2D eigenvalue weighted by molar-refractivity contribution is 6.01. The first-order valence-electron chi connectivity index (χ1n) is 7.51. The molecule has 0 radical (unpaired) electrons. The van der Waals surface area contributed by atoms with Crippen LogP contribution in [0.5, 0.6) is 0 Å². The summed E-state index contributed by atoms with van der Waals surface area (Å²) in [4.78, 5) is 13.2. The molecule has 0 bridgehead atoms. The zero-order chi connectivity index (χ0) is 16.2. The predicted octanol–water partition coefficient (Wildman–Crippen LogP) is 1.92. The largest absolute Gasteiger partial charge is 0.388 e. The summed E-state index contributed by atoms with van der Waals surface area (Å²) in [6.07, 6.45) is 3.58. The van der Waals surface area contributed by atoms with E-state index in [1.807, 2.05) is 0 Å². The molecule has 1 saturated heterocycles. The number of pyridine rings is 1. The quantitative estimate of drug-likeness (QED) is 0.756. The lowest BCUT2D eigenvalue weighted by molar-refractivity contribution is -0.0979. The number of H-pyrrole nitrogens is 1. The number of alkyl halides is 2. The Hall–Kier alpha value is -2.06. The molecule has 8 heteroatoms. The van der Waals surface area contributed by atoms with Gasteiger partial charge in [0.2, 0.25) is 0 Å². The number of likely N-dealkylation sites (tertiary alicyclic amines) is 1. The average Bonchev–Trinajstić information content (AvgIpc) is 3.09. The van der Waals surface area contributed by atoms with E-state index < -0.39 is 12.0 Å². The summed E-state index contributed by atoms with van der Waals surface area (Å²) in [6.45, 7) is -0.112. The lowest BCUT2D eigenvalue weighted by Gasteiger charge is -2.38. The Morgan fingerprint density at radius 3 is 3.04 bits per heavy atom. The third-order valence-electron chi connectivity index (χ3n) is 4.51. The van der Waals surface area contributed by atoms with Crippen LogP contribution < -0.4 is 0 Å². The number of piperidine rings is 1. The van der Waals surface area contributed by atoms with Gasteiger partial charge < -0.3 is 19.6 Å². The van der Waals surface area contributed by atoms with Gasteiger partial charge in [-0.2, -0.15) is 0 Å². The third kappa shape index (κ3) is 2.13. The minimum Gasteiger partial charge on any atom is -0.388 e. The highest BCUT2D eigenvalue weighted by Gasteiger charge is 2.46. The van der Waals surface area contributed by atoms with E-state index in [1.165, 1.54) is 4.57 Å². The number of hydrogen-bond donors (Lipinski definition) is 2. The number of hydrogen-bond acceptors (Lipinski definition) is 4. The maximum absolute atomic E-state index is 14.7. The van der Waals surface area contributed by atoms with E-state index in [-0.39, 0.29) is 19.0 Å². The Bertz CT molecular complexity index is 871. The molecule has 1 fully saturated rings. The van der Waals surface area contributed by atoms with E-state index in [4.69, 9.17) is 0 Å². The molecule has 1 aliphatic rings. The van der Waals surface area contributed by atoms with Crippen LogP contribution in [0.3, 0.4) is 0 Å². The van der Waals surface area contributed by atoms with Crippen molar-refractivity contribution < 1.29 is 13.9 Å². The van der Waals surface area contributed by atoms with Crippen LogP contribution >= 0.6 is 0 Å². The SMILES string of the molecule is CN1CCC(n2c(CO)nc3cnc4[nH]ccc4c32)C(F)(F)C1. The van der Waals surface area contributed by atoms with Crippen LogP contribution in [0, 0.1) is 0 Å². The molecule has 3 aromatic heterocycles. The first-order valence-corrected chi connectivity index (χ1v) is 7.51. The smallest absolute Gasteiger partial charge is 0.280 e. The lowest BCUT2D eigenvalue weighted by Crippen LogP contribution is -2.48. The topological polar surface area (TPSA) is 70.0 Å². The lowest BCUT2D eigenvalue weighted by atomic mass is 10.0. The second-order valence-electron chi connectivity index (χ2n) is 6.09. The van der Waals surface area contributed by atoms with Gasteiger partial charge in [-0.05, 0) is 19.5 Å². The number of aromatic amines is 1. The van der Waals surface area contributed by atoms with Gasteiger partial charge in [0.15, 0.2) is 0 Å². The monoisotopic (exact) mass is 321 g/mol. The van der Waals surface area contributed by atoms with E-state index in [0.717, 1.165) is 5.39 Å². The molecule has 0 amide bonds. The minimum absolute atomic E-state index is 0.254. The normalized spacial score (nSPS) is 22.2. The summed E-state index contributed by atoms with van der Waals surface area (Å²) in [5.74, 6) is -2.64. The van der Waals surface area contributed by atoms with Crippen molar-refractivity contribution in [1.29, 1.82) is 0 Å². The number of rotatable bonds is 2. The van der Waals surface area contributed by atoms with E-state index in [1.54, 1.807) is 30.4 Å². The van der Waals surface area contributed by atoms with Crippen molar-refractivity contribution in [3.05, 3.63) is 24.3 Å². The Balaban J connectivity index is 1.99. The molecule has 0 aliphatic carbocycles.